The van der Waals surface area contributed by atoms with E-state index < -0.39 is 34.3 Å². The molecule has 174 valence electrons. The van der Waals surface area contributed by atoms with Crippen molar-refractivity contribution in [2.45, 2.75) is 11.1 Å². The summed E-state index contributed by atoms with van der Waals surface area (Å²) in [5.74, 6) is -0.331. The van der Waals surface area contributed by atoms with Crippen LogP contribution in [-0.2, 0) is 21.0 Å². The molecule has 1 amide bonds. The van der Waals surface area contributed by atoms with Crippen molar-refractivity contribution in [2.24, 2.45) is 0 Å². The number of alkyl halides is 3. The van der Waals surface area contributed by atoms with Crippen LogP contribution in [-0.4, -0.2) is 20.9 Å². The Morgan fingerprint density at radius 3 is 2.30 bits per heavy atom. The molecule has 0 fully saturated rings. The van der Waals surface area contributed by atoms with E-state index in [1.54, 1.807) is 18.2 Å². The van der Waals surface area contributed by atoms with Crippen LogP contribution in [0, 0.1) is 0 Å². The molecule has 0 atom stereocenters. The van der Waals surface area contributed by atoms with E-state index in [9.17, 15) is 26.4 Å². The van der Waals surface area contributed by atoms with Crippen molar-refractivity contribution in [3.8, 4) is 5.75 Å². The van der Waals surface area contributed by atoms with Gasteiger partial charge in [0.05, 0.1) is 26.2 Å². The van der Waals surface area contributed by atoms with Crippen molar-refractivity contribution in [3.63, 3.8) is 0 Å². The third-order valence-electron chi connectivity index (χ3n) is 4.17. The van der Waals surface area contributed by atoms with Crippen molar-refractivity contribution in [2.75, 3.05) is 16.6 Å². The lowest BCUT2D eigenvalue weighted by Crippen LogP contribution is -2.20. The van der Waals surface area contributed by atoms with Gasteiger partial charge in [0.15, 0.2) is 6.61 Å². The van der Waals surface area contributed by atoms with Crippen LogP contribution in [0.2, 0.25) is 10.0 Å². The molecule has 3 aromatic rings. The molecule has 6 nitrogen and oxygen atoms in total. The molecule has 0 saturated heterocycles. The topological polar surface area (TPSA) is 84.5 Å². The van der Waals surface area contributed by atoms with Crippen molar-refractivity contribution in [1.82, 2.24) is 0 Å². The number of amides is 1. The summed E-state index contributed by atoms with van der Waals surface area (Å²) in [5.41, 5.74) is -0.912. The normalized spacial score (nSPS) is 11.7. The number of hydrogen-bond donors (Lipinski definition) is 2. The molecule has 0 heterocycles. The summed E-state index contributed by atoms with van der Waals surface area (Å²) < 4.78 is 70.9. The highest BCUT2D eigenvalue weighted by Crippen LogP contribution is 2.31. The molecule has 2 N–H and O–H groups in total. The lowest BCUT2D eigenvalue weighted by molar-refractivity contribution is -0.137. The van der Waals surface area contributed by atoms with E-state index >= 15 is 0 Å². The summed E-state index contributed by atoms with van der Waals surface area (Å²) in [6.45, 7) is -0.391. The number of nitrogens with one attached hydrogen (secondary N) is 2. The molecule has 0 aliphatic carbocycles. The highest BCUT2D eigenvalue weighted by Gasteiger charge is 2.30. The number of hydrogen-bond acceptors (Lipinski definition) is 4. The minimum atomic E-state index is -4.61. The second kappa shape index (κ2) is 9.90. The molecular formula is C21H15Cl2F3N2O4S. The predicted molar refractivity (Wildman–Crippen MR) is 119 cm³/mol. The molecule has 33 heavy (non-hydrogen) atoms. The largest absolute Gasteiger partial charge is 0.484 e. The zero-order valence-corrected chi connectivity index (χ0v) is 18.8. The minimum absolute atomic E-state index is 0.176. The molecular weight excluding hydrogens is 504 g/mol. The molecule has 0 saturated carbocycles. The van der Waals surface area contributed by atoms with Gasteiger partial charge in [-0.15, -0.1) is 0 Å². The predicted octanol–water partition coefficient (Wildman–Crippen LogP) is 5.83. The Morgan fingerprint density at radius 2 is 1.64 bits per heavy atom. The highest BCUT2D eigenvalue weighted by atomic mass is 35.5. The fourth-order valence-electron chi connectivity index (χ4n) is 2.62. The second-order valence-electron chi connectivity index (χ2n) is 6.59. The Morgan fingerprint density at radius 1 is 0.970 bits per heavy atom. The van der Waals surface area contributed by atoms with Crippen molar-refractivity contribution >= 4 is 50.5 Å². The van der Waals surface area contributed by atoms with Gasteiger partial charge in [-0.3, -0.25) is 9.52 Å². The SMILES string of the molecule is O=C(COc1ccc(S(=O)(=O)Nc2cccc(C(F)(F)F)c2)cc1)Nc1cccc(Cl)c1Cl. The van der Waals surface area contributed by atoms with Gasteiger partial charge in [0.25, 0.3) is 15.9 Å². The quantitative estimate of drug-likeness (QED) is 0.412. The fourth-order valence-corrected chi connectivity index (χ4v) is 4.02. The van der Waals surface area contributed by atoms with Crippen LogP contribution in [0.3, 0.4) is 0 Å². The number of rotatable bonds is 7. The van der Waals surface area contributed by atoms with Gasteiger partial charge in [-0.25, -0.2) is 8.42 Å². The Balaban J connectivity index is 1.62. The van der Waals surface area contributed by atoms with Gasteiger partial charge >= 0.3 is 6.18 Å². The molecule has 0 aromatic heterocycles. The Hall–Kier alpha value is -2.95. The summed E-state index contributed by atoms with van der Waals surface area (Å²) in [5, 5.41) is 2.98. The Kier molecular flexibility index (Phi) is 7.41. The number of ether oxygens (including phenoxy) is 1. The van der Waals surface area contributed by atoms with Crippen LogP contribution in [0.15, 0.2) is 71.6 Å². The second-order valence-corrected chi connectivity index (χ2v) is 9.06. The van der Waals surface area contributed by atoms with Gasteiger partial charge < -0.3 is 10.1 Å². The van der Waals surface area contributed by atoms with E-state index in [-0.39, 0.29) is 26.4 Å². The van der Waals surface area contributed by atoms with Crippen LogP contribution >= 0.6 is 23.2 Å². The third-order valence-corrected chi connectivity index (χ3v) is 6.39. The average molecular weight is 519 g/mol. The van der Waals surface area contributed by atoms with E-state index in [0.717, 1.165) is 12.1 Å². The first kappa shape index (κ1) is 24.7. The fraction of sp³-hybridized carbons (Fsp3) is 0.0952. The number of carbonyl (C=O) groups excluding carboxylic acids is 1. The lowest BCUT2D eigenvalue weighted by Gasteiger charge is -2.12. The Labute approximate surface area is 197 Å². The van der Waals surface area contributed by atoms with E-state index in [1.165, 1.54) is 30.3 Å². The lowest BCUT2D eigenvalue weighted by atomic mass is 10.2. The molecule has 0 aliphatic heterocycles. The zero-order valence-electron chi connectivity index (χ0n) is 16.5. The summed E-state index contributed by atoms with van der Waals surface area (Å²) in [4.78, 5) is 11.8. The van der Waals surface area contributed by atoms with Gasteiger partial charge in [0.2, 0.25) is 0 Å². The number of benzene rings is 3. The van der Waals surface area contributed by atoms with Crippen LogP contribution in [0.1, 0.15) is 5.56 Å². The average Bonchev–Trinajstić information content (AvgIpc) is 2.75. The monoisotopic (exact) mass is 518 g/mol. The van der Waals surface area contributed by atoms with Gasteiger partial charge in [-0.2, -0.15) is 13.2 Å². The van der Waals surface area contributed by atoms with E-state index in [4.69, 9.17) is 27.9 Å². The Bertz CT molecular complexity index is 1270. The maximum absolute atomic E-state index is 12.8. The molecule has 3 rings (SSSR count). The van der Waals surface area contributed by atoms with E-state index in [2.05, 4.69) is 10.0 Å². The van der Waals surface area contributed by atoms with Crippen LogP contribution < -0.4 is 14.8 Å². The number of halogens is 5. The summed E-state index contributed by atoms with van der Waals surface area (Å²) in [7, 11) is -4.15. The maximum atomic E-state index is 12.8. The smallest absolute Gasteiger partial charge is 0.416 e. The molecule has 12 heteroatoms. The number of carbonyl (C=O) groups is 1. The minimum Gasteiger partial charge on any atom is -0.484 e. The van der Waals surface area contributed by atoms with Gasteiger partial charge in [0, 0.05) is 5.69 Å². The molecule has 0 aliphatic rings. The van der Waals surface area contributed by atoms with E-state index in [1.807, 2.05) is 0 Å². The van der Waals surface area contributed by atoms with Crippen molar-refractivity contribution < 1.29 is 31.1 Å². The maximum Gasteiger partial charge on any atom is 0.416 e. The zero-order chi connectivity index (χ0) is 24.2. The summed E-state index contributed by atoms with van der Waals surface area (Å²) in [6, 6.07) is 13.6. The third kappa shape index (κ3) is 6.53. The number of anilines is 2. The van der Waals surface area contributed by atoms with Gasteiger partial charge in [-0.05, 0) is 54.6 Å². The van der Waals surface area contributed by atoms with Crippen molar-refractivity contribution in [3.05, 3.63) is 82.3 Å². The van der Waals surface area contributed by atoms with Crippen molar-refractivity contribution in [1.29, 1.82) is 0 Å². The van der Waals surface area contributed by atoms with E-state index in [0.29, 0.717) is 11.8 Å². The first-order valence-electron chi connectivity index (χ1n) is 9.12. The molecule has 0 radical (unpaired) electrons. The molecule has 0 spiro atoms. The first-order valence-corrected chi connectivity index (χ1v) is 11.4. The van der Waals surface area contributed by atoms with Gasteiger partial charge in [0.1, 0.15) is 5.75 Å². The first-order chi connectivity index (χ1) is 15.5. The number of sulfonamides is 1. The molecule has 0 unspecified atom stereocenters. The van der Waals surface area contributed by atoms with Crippen LogP contribution in [0.4, 0.5) is 24.5 Å². The standard InChI is InChI=1S/C21H15Cl2F3N2O4S/c22-17-5-2-6-18(20(17)23)27-19(29)12-32-15-7-9-16(10-8-15)33(30,31)28-14-4-1-3-13(11-14)21(24,25)26/h1-11,28H,12H2,(H,27,29). The molecule has 3 aromatic carbocycles. The van der Waals surface area contributed by atoms with Crippen LogP contribution in [0.5, 0.6) is 5.75 Å². The van der Waals surface area contributed by atoms with Gasteiger partial charge in [-0.1, -0.05) is 35.3 Å². The highest BCUT2D eigenvalue weighted by molar-refractivity contribution is 7.92. The summed E-state index contributed by atoms with van der Waals surface area (Å²) >= 11 is 11.9. The van der Waals surface area contributed by atoms with Crippen LogP contribution in [0.25, 0.3) is 0 Å². The summed E-state index contributed by atoms with van der Waals surface area (Å²) in [6.07, 6.45) is -4.61. The molecule has 0 bridgehead atoms.